The van der Waals surface area contributed by atoms with Gasteiger partial charge in [0.05, 0.1) is 6.61 Å². The summed E-state index contributed by atoms with van der Waals surface area (Å²) in [6.07, 6.45) is 7.62. The van der Waals surface area contributed by atoms with Gasteiger partial charge in [-0.25, -0.2) is 0 Å². The molecule has 3 heteroatoms. The minimum atomic E-state index is 0.555. The Kier molecular flexibility index (Phi) is 9.77. The largest absolute Gasteiger partial charge is 0.493 e. The van der Waals surface area contributed by atoms with Crippen molar-refractivity contribution in [2.24, 2.45) is 0 Å². The third-order valence-corrected chi connectivity index (χ3v) is 4.11. The summed E-state index contributed by atoms with van der Waals surface area (Å²) in [7, 11) is 0. The van der Waals surface area contributed by atoms with Gasteiger partial charge in [0.2, 0.25) is 0 Å². The van der Waals surface area contributed by atoms with Gasteiger partial charge in [0.1, 0.15) is 5.75 Å². The number of halogens is 1. The number of ether oxygens (including phenoxy) is 1. The first-order valence-corrected chi connectivity index (χ1v) is 9.11. The Hall–Kier alpha value is -0.540. The molecule has 120 valence electrons. The zero-order valence-corrected chi connectivity index (χ0v) is 15.3. The Balaban J connectivity index is 2.43. The summed E-state index contributed by atoms with van der Waals surface area (Å²) in [5, 5.41) is 3.62. The molecule has 0 aromatic heterocycles. The van der Waals surface area contributed by atoms with Crippen molar-refractivity contribution >= 4 is 15.9 Å². The highest BCUT2D eigenvalue weighted by molar-refractivity contribution is 9.10. The SMILES string of the molecule is CCCCCCC(C)NCc1cc(Br)ccc1OCCC. The summed E-state index contributed by atoms with van der Waals surface area (Å²) in [6.45, 7) is 8.31. The predicted octanol–water partition coefficient (Wildman–Crippen LogP) is 5.69. The van der Waals surface area contributed by atoms with Crippen LogP contribution in [0.5, 0.6) is 5.75 Å². The zero-order chi connectivity index (χ0) is 15.5. The molecule has 1 atom stereocenters. The zero-order valence-electron chi connectivity index (χ0n) is 13.8. The molecule has 0 aliphatic carbocycles. The fraction of sp³-hybridized carbons (Fsp3) is 0.667. The molecule has 0 saturated carbocycles. The second-order valence-electron chi connectivity index (χ2n) is 5.73. The van der Waals surface area contributed by atoms with E-state index in [-0.39, 0.29) is 0 Å². The van der Waals surface area contributed by atoms with Crippen molar-refractivity contribution in [3.05, 3.63) is 28.2 Å². The Morgan fingerprint density at radius 2 is 1.95 bits per heavy atom. The second kappa shape index (κ2) is 11.1. The van der Waals surface area contributed by atoms with E-state index in [9.17, 15) is 0 Å². The minimum absolute atomic E-state index is 0.555. The Morgan fingerprint density at radius 1 is 1.14 bits per heavy atom. The fourth-order valence-corrected chi connectivity index (χ4v) is 2.71. The lowest BCUT2D eigenvalue weighted by molar-refractivity contribution is 0.312. The normalized spacial score (nSPS) is 12.4. The summed E-state index contributed by atoms with van der Waals surface area (Å²) >= 11 is 3.55. The maximum absolute atomic E-state index is 5.83. The number of unbranched alkanes of at least 4 members (excludes halogenated alkanes) is 3. The molecule has 0 heterocycles. The third kappa shape index (κ3) is 7.87. The molecule has 1 N–H and O–H groups in total. The van der Waals surface area contributed by atoms with Gasteiger partial charge in [-0.05, 0) is 38.0 Å². The summed E-state index contributed by atoms with van der Waals surface area (Å²) in [5.74, 6) is 1.01. The molecular weight excluding hydrogens is 326 g/mol. The first-order chi connectivity index (χ1) is 10.2. The van der Waals surface area contributed by atoms with Gasteiger partial charge >= 0.3 is 0 Å². The molecule has 0 saturated heterocycles. The van der Waals surface area contributed by atoms with Crippen molar-refractivity contribution in [2.75, 3.05) is 6.61 Å². The van der Waals surface area contributed by atoms with E-state index >= 15 is 0 Å². The van der Waals surface area contributed by atoms with Gasteiger partial charge in [-0.2, -0.15) is 0 Å². The molecule has 0 radical (unpaired) electrons. The van der Waals surface area contributed by atoms with Crippen LogP contribution in [0.3, 0.4) is 0 Å². The van der Waals surface area contributed by atoms with E-state index in [1.54, 1.807) is 0 Å². The van der Waals surface area contributed by atoms with E-state index in [2.05, 4.69) is 54.2 Å². The maximum Gasteiger partial charge on any atom is 0.123 e. The average molecular weight is 356 g/mol. The number of hydrogen-bond donors (Lipinski definition) is 1. The topological polar surface area (TPSA) is 21.3 Å². The van der Waals surface area contributed by atoms with Crippen molar-refractivity contribution in [3.8, 4) is 5.75 Å². The molecule has 21 heavy (non-hydrogen) atoms. The smallest absolute Gasteiger partial charge is 0.123 e. The van der Waals surface area contributed by atoms with Gasteiger partial charge in [0, 0.05) is 22.6 Å². The highest BCUT2D eigenvalue weighted by Crippen LogP contribution is 2.23. The molecule has 0 bridgehead atoms. The van der Waals surface area contributed by atoms with Crippen molar-refractivity contribution in [1.29, 1.82) is 0 Å². The highest BCUT2D eigenvalue weighted by atomic mass is 79.9. The molecule has 0 amide bonds. The van der Waals surface area contributed by atoms with Gasteiger partial charge in [0.25, 0.3) is 0 Å². The van der Waals surface area contributed by atoms with E-state index in [1.165, 1.54) is 37.7 Å². The van der Waals surface area contributed by atoms with Gasteiger partial charge in [-0.3, -0.25) is 0 Å². The molecule has 2 nitrogen and oxygen atoms in total. The van der Waals surface area contributed by atoms with Gasteiger partial charge < -0.3 is 10.1 Å². The van der Waals surface area contributed by atoms with Crippen molar-refractivity contribution in [2.45, 2.75) is 71.9 Å². The minimum Gasteiger partial charge on any atom is -0.493 e. The molecule has 0 aliphatic rings. The van der Waals surface area contributed by atoms with E-state index in [4.69, 9.17) is 4.74 Å². The Bertz CT molecular complexity index is 395. The van der Waals surface area contributed by atoms with Crippen molar-refractivity contribution in [3.63, 3.8) is 0 Å². The third-order valence-electron chi connectivity index (χ3n) is 3.62. The number of hydrogen-bond acceptors (Lipinski definition) is 2. The highest BCUT2D eigenvalue weighted by Gasteiger charge is 2.07. The van der Waals surface area contributed by atoms with Crippen LogP contribution in [0.4, 0.5) is 0 Å². The van der Waals surface area contributed by atoms with Crippen LogP contribution >= 0.6 is 15.9 Å². The lowest BCUT2D eigenvalue weighted by Crippen LogP contribution is -2.25. The monoisotopic (exact) mass is 355 g/mol. The number of rotatable bonds is 11. The average Bonchev–Trinajstić information content (AvgIpc) is 2.48. The Labute approximate surface area is 138 Å². The summed E-state index contributed by atoms with van der Waals surface area (Å²) in [5.41, 5.74) is 1.23. The van der Waals surface area contributed by atoms with Crippen LogP contribution in [0.25, 0.3) is 0 Å². The summed E-state index contributed by atoms with van der Waals surface area (Å²) in [6, 6.07) is 6.81. The van der Waals surface area contributed by atoms with Crippen LogP contribution in [0.2, 0.25) is 0 Å². The first-order valence-electron chi connectivity index (χ1n) is 8.32. The quantitative estimate of drug-likeness (QED) is 0.515. The van der Waals surface area contributed by atoms with Crippen molar-refractivity contribution in [1.82, 2.24) is 5.32 Å². The van der Waals surface area contributed by atoms with Gasteiger partial charge in [-0.15, -0.1) is 0 Å². The lowest BCUT2D eigenvalue weighted by Gasteiger charge is -2.16. The number of benzene rings is 1. The second-order valence-corrected chi connectivity index (χ2v) is 6.65. The lowest BCUT2D eigenvalue weighted by atomic mass is 10.1. The van der Waals surface area contributed by atoms with Crippen LogP contribution in [0, 0.1) is 0 Å². The van der Waals surface area contributed by atoms with Gasteiger partial charge in [-0.1, -0.05) is 55.5 Å². The van der Waals surface area contributed by atoms with Crippen LogP contribution < -0.4 is 10.1 Å². The molecule has 1 aromatic carbocycles. The van der Waals surface area contributed by atoms with E-state index in [0.717, 1.165) is 29.8 Å². The molecule has 0 aliphatic heterocycles. The molecule has 0 fully saturated rings. The first kappa shape index (κ1) is 18.5. The Morgan fingerprint density at radius 3 is 2.67 bits per heavy atom. The standard InChI is InChI=1S/C18H30BrNO/c1-4-6-7-8-9-15(3)20-14-16-13-17(19)10-11-18(16)21-12-5-2/h10-11,13,15,20H,4-9,12,14H2,1-3H3. The summed E-state index contributed by atoms with van der Waals surface area (Å²) < 4.78 is 6.94. The van der Waals surface area contributed by atoms with E-state index < -0.39 is 0 Å². The molecular formula is C18H30BrNO. The maximum atomic E-state index is 5.83. The molecule has 1 aromatic rings. The fourth-order valence-electron chi connectivity index (χ4n) is 2.30. The predicted molar refractivity (Wildman–Crippen MR) is 95.0 cm³/mol. The number of nitrogens with one attached hydrogen (secondary N) is 1. The van der Waals surface area contributed by atoms with Gasteiger partial charge in [0.15, 0.2) is 0 Å². The van der Waals surface area contributed by atoms with Crippen molar-refractivity contribution < 1.29 is 4.74 Å². The molecule has 0 spiro atoms. The van der Waals surface area contributed by atoms with Crippen LogP contribution in [0.15, 0.2) is 22.7 Å². The molecule has 1 rings (SSSR count). The van der Waals surface area contributed by atoms with Crippen LogP contribution in [0.1, 0.15) is 64.9 Å². The van der Waals surface area contributed by atoms with E-state index in [1.807, 2.05) is 6.07 Å². The van der Waals surface area contributed by atoms with E-state index in [0.29, 0.717) is 6.04 Å². The summed E-state index contributed by atoms with van der Waals surface area (Å²) in [4.78, 5) is 0. The van der Waals surface area contributed by atoms with Crippen LogP contribution in [-0.2, 0) is 6.54 Å². The van der Waals surface area contributed by atoms with Crippen LogP contribution in [-0.4, -0.2) is 12.6 Å². The molecule has 1 unspecified atom stereocenters.